The molecule has 0 saturated carbocycles. The van der Waals surface area contributed by atoms with Crippen LogP contribution < -0.4 is 31.3 Å². The maximum Gasteiger partial charge on any atom is 0.251 e. The Hall–Kier alpha value is -5.07. The molecule has 1 aromatic carbocycles. The van der Waals surface area contributed by atoms with Crippen molar-refractivity contribution in [1.29, 1.82) is 0 Å². The highest BCUT2D eigenvalue weighted by atomic mass is 16.8. The lowest BCUT2D eigenvalue weighted by Crippen LogP contribution is -2.72. The maximum absolute atomic E-state index is 13.9. The van der Waals surface area contributed by atoms with Gasteiger partial charge >= 0.3 is 0 Å². The zero-order valence-corrected chi connectivity index (χ0v) is 56.0. The molecule has 16 unspecified atom stereocenters. The van der Waals surface area contributed by atoms with Crippen molar-refractivity contribution < 1.29 is 152 Å². The average Bonchev–Trinajstić information content (AvgIpc) is 0.791. The fourth-order valence-electron chi connectivity index (χ4n) is 12.5. The molecule has 6 aliphatic heterocycles. The number of hydrogen-bond acceptors (Lipinski definition) is 31. The number of methoxy groups -OCH3 is 1. The highest BCUT2D eigenvalue weighted by Gasteiger charge is 2.58. The highest BCUT2D eigenvalue weighted by molar-refractivity contribution is 5.94. The third-order valence-electron chi connectivity index (χ3n) is 17.6. The van der Waals surface area contributed by atoms with Gasteiger partial charge in [0.25, 0.3) is 5.91 Å². The second-order valence-corrected chi connectivity index (χ2v) is 25.1. The van der Waals surface area contributed by atoms with Gasteiger partial charge in [0.15, 0.2) is 37.7 Å². The Balaban J connectivity index is 1.07. The van der Waals surface area contributed by atoms with Gasteiger partial charge in [-0.2, -0.15) is 0 Å². The quantitative estimate of drug-likeness (QED) is 0.0251. The zero-order valence-electron chi connectivity index (χ0n) is 56.0. The highest BCUT2D eigenvalue weighted by Crippen LogP contribution is 2.37. The van der Waals surface area contributed by atoms with Crippen LogP contribution in [0.4, 0.5) is 0 Å². The molecule has 7 rings (SSSR count). The summed E-state index contributed by atoms with van der Waals surface area (Å²) in [4.78, 5) is 65.1. The molecule has 18 N–H and O–H groups in total. The van der Waals surface area contributed by atoms with E-state index in [2.05, 4.69) is 45.3 Å². The molecule has 0 bridgehead atoms. The second kappa shape index (κ2) is 38.4. The monoisotopic (exact) mass is 1420 g/mol. The number of unbranched alkanes of at least 4 members (excludes halogenated alkanes) is 5. The summed E-state index contributed by atoms with van der Waals surface area (Å²) < 4.78 is 77.9. The van der Waals surface area contributed by atoms with E-state index < -0.39 is 246 Å². The largest absolute Gasteiger partial charge is 0.494 e. The first kappa shape index (κ1) is 81.2. The molecule has 99 heavy (non-hydrogen) atoms. The number of hydrogen-bond donors (Lipinski definition) is 18. The first-order valence-electron chi connectivity index (χ1n) is 33.0. The van der Waals surface area contributed by atoms with Crippen molar-refractivity contribution in [2.24, 2.45) is 0 Å². The Kier molecular flexibility index (Phi) is 31.5. The summed E-state index contributed by atoms with van der Waals surface area (Å²) in [7, 11) is 1.21. The van der Waals surface area contributed by atoms with E-state index >= 15 is 0 Å². The van der Waals surface area contributed by atoms with Crippen LogP contribution in [0.15, 0.2) is 24.3 Å². The van der Waals surface area contributed by atoms with Crippen LogP contribution >= 0.6 is 0 Å². The van der Waals surface area contributed by atoms with Gasteiger partial charge in [-0.15, -0.1) is 11.8 Å². The first-order valence-corrected chi connectivity index (χ1v) is 33.0. The van der Waals surface area contributed by atoms with E-state index in [1.54, 1.807) is 12.1 Å². The number of benzene rings is 1. The van der Waals surface area contributed by atoms with Crippen molar-refractivity contribution >= 4 is 29.5 Å². The molecule has 36 nitrogen and oxygen atoms in total. The Morgan fingerprint density at radius 2 is 0.899 bits per heavy atom. The van der Waals surface area contributed by atoms with Gasteiger partial charge in [0.1, 0.15) is 146 Å². The summed E-state index contributed by atoms with van der Waals surface area (Å²) in [6, 6.07) is -2.53. The normalized spacial score (nSPS) is 39.4. The van der Waals surface area contributed by atoms with Gasteiger partial charge in [-0.3, -0.25) is 24.0 Å². The van der Waals surface area contributed by atoms with Gasteiger partial charge in [0, 0.05) is 53.2 Å². The molecule has 6 aliphatic rings. The number of carbonyl (C=O) groups is 5. The summed E-state index contributed by atoms with van der Waals surface area (Å²) in [6.45, 7) is 3.43. The van der Waals surface area contributed by atoms with Crippen LogP contribution in [0.25, 0.3) is 0 Å². The van der Waals surface area contributed by atoms with E-state index in [1.807, 2.05) is 0 Å². The van der Waals surface area contributed by atoms with Crippen molar-refractivity contribution in [3.05, 3.63) is 29.8 Å². The van der Waals surface area contributed by atoms with Crippen LogP contribution in [0.3, 0.4) is 0 Å². The molecule has 562 valence electrons. The second-order valence-electron chi connectivity index (χ2n) is 25.1. The summed E-state index contributed by atoms with van der Waals surface area (Å²) in [5, 5.41) is 158. The first-order chi connectivity index (χ1) is 47.2. The summed E-state index contributed by atoms with van der Waals surface area (Å²) in [5.41, 5.74) is 0.0342. The fourth-order valence-corrected chi connectivity index (χ4v) is 12.5. The maximum atomic E-state index is 13.9. The van der Waals surface area contributed by atoms with Crippen LogP contribution in [0, 0.1) is 11.8 Å². The molecule has 0 aliphatic carbocycles. The van der Waals surface area contributed by atoms with Gasteiger partial charge in [0.05, 0.1) is 45.7 Å². The Labute approximate surface area is 571 Å². The molecule has 0 radical (unpaired) electrons. The topological polar surface area (TPSA) is 528 Å². The van der Waals surface area contributed by atoms with Crippen molar-refractivity contribution in [2.75, 3.05) is 46.8 Å². The lowest BCUT2D eigenvalue weighted by Gasteiger charge is -2.51. The Bertz CT molecular complexity index is 2790. The molecule has 6 heterocycles. The number of rotatable bonds is 30. The molecular formula is C63H99N5O31. The van der Waals surface area contributed by atoms with Crippen molar-refractivity contribution in [1.82, 2.24) is 26.6 Å². The minimum Gasteiger partial charge on any atom is -0.494 e. The predicted molar refractivity (Wildman–Crippen MR) is 332 cm³/mol. The SMILES string of the molecule is CCCCCCC#CCCCOc1cccc(C(=O)N[C@@H]2C(O[C@@H]3C(CO)O[C@@H](OC4C(CO)O[C@@H](O[C@@H]5C(CO)OC(OC6C(CO[C@@H]7OC(C)[C@@H](O)[C@@H](O)C7OC)OC(O)[C@@H](NC(C)=O)[C@H]6O)C(NC(C)=O)C5O)[C@@H](NC(C)=O)[C@H]4O)C(NC(C)=O)C3O)OC(CO)[C@@H](O)[C@@H]2O)c1. The molecule has 6 fully saturated rings. The minimum atomic E-state index is -2.07. The smallest absolute Gasteiger partial charge is 0.251 e. The van der Waals surface area contributed by atoms with E-state index in [1.165, 1.54) is 26.2 Å². The summed E-state index contributed by atoms with van der Waals surface area (Å²) >= 11 is 0. The molecule has 5 amide bonds. The van der Waals surface area contributed by atoms with Crippen LogP contribution in [-0.4, -0.2) is 327 Å². The van der Waals surface area contributed by atoms with E-state index in [0.29, 0.717) is 18.6 Å². The van der Waals surface area contributed by atoms with Gasteiger partial charge in [-0.25, -0.2) is 0 Å². The number of aliphatic hydroxyl groups is 13. The van der Waals surface area contributed by atoms with E-state index in [9.17, 15) is 90.4 Å². The van der Waals surface area contributed by atoms with Gasteiger partial charge in [-0.1, -0.05) is 32.3 Å². The number of ether oxygens (including phenoxy) is 13. The number of nitrogens with one attached hydrogen (secondary N) is 5. The number of amides is 5. The van der Waals surface area contributed by atoms with Crippen LogP contribution in [0.1, 0.15) is 96.8 Å². The Morgan fingerprint density at radius 1 is 0.465 bits per heavy atom. The standard InChI is InChI=1S/C63H99N5O31/c1-8-9-10-11-12-13-14-15-16-20-88-33-19-17-18-32(21-33)57(85)68-40-46(79)45(78)34(22-69)92-59(40)96-52-35(23-70)93-60(41(48(52)81)65-29(4)74)97-53-36(24-71)94-61(42(49(53)82)66-30(5)75)98-54-37(25-72)95-62(43(50(54)83)67-31(6)76)99-55-38(91-58(86)39(47(55)80)64-28(3)73)26-89-63-56(87-7)51(84)44(77)27(2)90-63/h17-19,21,27,34-56,58-63,69-72,77-84,86H,8-12,15-16,20,22-26H2,1-7H3,(H,64,73)(H,65,74)(H,66,75)(H,67,76)(H,68,85)/t27?,34?,35?,36?,37?,38?,39-,40-,41?,42-,43?,44+,45+,46+,47+,48?,49+,50?,51+,52+,53?,54+,55?,56?,58?,59?,60-,61-,62?,63+/m0/s1. The third-order valence-corrected chi connectivity index (χ3v) is 17.6. The fraction of sp³-hybridized carbons (Fsp3) is 0.794. The summed E-state index contributed by atoms with van der Waals surface area (Å²) in [6.07, 6.45) is -37.0. The molecule has 6 saturated heterocycles. The molecule has 0 aromatic heterocycles. The summed E-state index contributed by atoms with van der Waals surface area (Å²) in [5.74, 6) is 2.59. The van der Waals surface area contributed by atoms with Crippen molar-refractivity contribution in [3.63, 3.8) is 0 Å². The lowest BCUT2D eigenvalue weighted by atomic mass is 9.93. The molecule has 30 atom stereocenters. The molecule has 36 heteroatoms. The third kappa shape index (κ3) is 20.9. The van der Waals surface area contributed by atoms with Gasteiger partial charge in [0.2, 0.25) is 23.6 Å². The zero-order chi connectivity index (χ0) is 72.5. The van der Waals surface area contributed by atoms with E-state index in [-0.39, 0.29) is 12.2 Å². The van der Waals surface area contributed by atoms with Crippen LogP contribution in [0.5, 0.6) is 5.75 Å². The van der Waals surface area contributed by atoms with Crippen molar-refractivity contribution in [3.8, 4) is 17.6 Å². The predicted octanol–water partition coefficient (Wildman–Crippen LogP) is -7.27. The minimum absolute atomic E-state index is 0.0342. The Morgan fingerprint density at radius 3 is 1.35 bits per heavy atom. The lowest BCUT2D eigenvalue weighted by molar-refractivity contribution is -0.368. The van der Waals surface area contributed by atoms with Gasteiger partial charge < -0.3 is 155 Å². The molecular weight excluding hydrogens is 1320 g/mol. The molecule has 0 spiro atoms. The molecule has 1 aromatic rings. The van der Waals surface area contributed by atoms with Crippen LogP contribution in [0.2, 0.25) is 0 Å². The van der Waals surface area contributed by atoms with Gasteiger partial charge in [-0.05, 0) is 38.0 Å². The van der Waals surface area contributed by atoms with E-state index in [0.717, 1.165) is 59.8 Å². The average molecular weight is 1420 g/mol. The number of aliphatic hydroxyl groups excluding tert-OH is 13. The van der Waals surface area contributed by atoms with Crippen molar-refractivity contribution in [2.45, 2.75) is 270 Å². The number of carbonyl (C=O) groups excluding carboxylic acids is 5. The van der Waals surface area contributed by atoms with E-state index in [4.69, 9.17) is 61.6 Å². The van der Waals surface area contributed by atoms with Crippen LogP contribution in [-0.2, 0) is 76.0 Å².